The molecule has 1 aromatic carbocycles. The Morgan fingerprint density at radius 3 is 2.44 bits per heavy atom. The summed E-state index contributed by atoms with van der Waals surface area (Å²) < 4.78 is 5.13. The zero-order chi connectivity index (χ0) is 12.3. The Morgan fingerprint density at radius 1 is 1.31 bits per heavy atom. The summed E-state index contributed by atoms with van der Waals surface area (Å²) in [6.07, 6.45) is -1.01. The van der Waals surface area contributed by atoms with Crippen LogP contribution in [0.4, 0.5) is 0 Å². The minimum Gasteiger partial charge on any atom is -0.479 e. The van der Waals surface area contributed by atoms with Gasteiger partial charge in [-0.15, -0.1) is 0 Å². The van der Waals surface area contributed by atoms with E-state index >= 15 is 0 Å². The van der Waals surface area contributed by atoms with Crippen LogP contribution < -0.4 is 4.74 Å². The molecule has 0 fully saturated rings. The van der Waals surface area contributed by atoms with E-state index in [4.69, 9.17) is 14.9 Å². The Labute approximate surface area is 92.3 Å². The predicted octanol–water partition coefficient (Wildman–Crippen LogP) is 1.55. The maximum Gasteiger partial charge on any atom is 0.344 e. The van der Waals surface area contributed by atoms with Crippen molar-refractivity contribution in [2.75, 3.05) is 0 Å². The van der Waals surface area contributed by atoms with Gasteiger partial charge in [-0.1, -0.05) is 6.07 Å². The monoisotopic (exact) mass is 224 g/mol. The number of aryl methyl sites for hydroxylation is 1. The molecule has 5 nitrogen and oxygen atoms in total. The van der Waals surface area contributed by atoms with E-state index in [9.17, 15) is 9.59 Å². The Morgan fingerprint density at radius 2 is 1.94 bits per heavy atom. The molecule has 0 aliphatic rings. The maximum atomic E-state index is 10.7. The zero-order valence-electron chi connectivity index (χ0n) is 8.93. The Hall–Kier alpha value is -2.04. The summed E-state index contributed by atoms with van der Waals surface area (Å²) in [5.41, 5.74) is 0.760. The van der Waals surface area contributed by atoms with Gasteiger partial charge in [-0.2, -0.15) is 0 Å². The molecule has 0 saturated heterocycles. The van der Waals surface area contributed by atoms with E-state index in [1.165, 1.54) is 19.1 Å². The van der Waals surface area contributed by atoms with Crippen LogP contribution in [-0.4, -0.2) is 28.3 Å². The highest BCUT2D eigenvalue weighted by Gasteiger charge is 2.15. The molecule has 0 amide bonds. The van der Waals surface area contributed by atoms with E-state index < -0.39 is 18.0 Å². The normalized spacial score (nSPS) is 11.9. The van der Waals surface area contributed by atoms with Gasteiger partial charge in [0, 0.05) is 0 Å². The van der Waals surface area contributed by atoms with Crippen LogP contribution in [0.25, 0.3) is 0 Å². The number of carboxylic acid groups (broad SMARTS) is 2. The molecule has 0 bridgehead atoms. The Balaban J connectivity index is 2.98. The van der Waals surface area contributed by atoms with E-state index in [-0.39, 0.29) is 11.3 Å². The molecular weight excluding hydrogens is 212 g/mol. The number of ether oxygens (including phenoxy) is 1. The number of carbonyl (C=O) groups is 2. The number of benzene rings is 1. The second-order valence-corrected chi connectivity index (χ2v) is 3.38. The van der Waals surface area contributed by atoms with Crippen LogP contribution in [-0.2, 0) is 4.79 Å². The van der Waals surface area contributed by atoms with Crippen LogP contribution in [0.5, 0.6) is 5.75 Å². The Bertz CT molecular complexity index is 424. The first-order chi connectivity index (χ1) is 7.41. The lowest BCUT2D eigenvalue weighted by molar-refractivity contribution is -0.144. The highest BCUT2D eigenvalue weighted by Crippen LogP contribution is 2.20. The maximum absolute atomic E-state index is 10.7. The standard InChI is InChI=1S/C11H12O5/c1-6-3-4-8(11(14)15)5-9(6)16-7(2)10(12)13/h3-5,7H,1-2H3,(H,12,13)(H,14,15). The molecule has 1 aromatic rings. The highest BCUT2D eigenvalue weighted by molar-refractivity contribution is 5.88. The van der Waals surface area contributed by atoms with Crippen molar-refractivity contribution in [2.45, 2.75) is 20.0 Å². The summed E-state index contributed by atoms with van der Waals surface area (Å²) >= 11 is 0. The molecule has 86 valence electrons. The summed E-state index contributed by atoms with van der Waals surface area (Å²) in [5.74, 6) is -1.90. The van der Waals surface area contributed by atoms with Crippen molar-refractivity contribution in [3.8, 4) is 5.75 Å². The summed E-state index contributed by atoms with van der Waals surface area (Å²) in [7, 11) is 0. The van der Waals surface area contributed by atoms with Crippen LogP contribution >= 0.6 is 0 Å². The largest absolute Gasteiger partial charge is 0.479 e. The average molecular weight is 224 g/mol. The van der Waals surface area contributed by atoms with E-state index in [1.807, 2.05) is 0 Å². The molecule has 5 heteroatoms. The molecular formula is C11H12O5. The third-order valence-corrected chi connectivity index (χ3v) is 2.09. The summed E-state index contributed by atoms with van der Waals surface area (Å²) in [4.78, 5) is 21.3. The van der Waals surface area contributed by atoms with Crippen molar-refractivity contribution in [2.24, 2.45) is 0 Å². The fraction of sp³-hybridized carbons (Fsp3) is 0.273. The number of aliphatic carboxylic acids is 1. The minimum atomic E-state index is -1.10. The molecule has 0 aromatic heterocycles. The van der Waals surface area contributed by atoms with Gasteiger partial charge >= 0.3 is 11.9 Å². The summed E-state index contributed by atoms with van der Waals surface area (Å²) in [6.45, 7) is 3.10. The summed E-state index contributed by atoms with van der Waals surface area (Å²) in [5, 5.41) is 17.4. The highest BCUT2D eigenvalue weighted by atomic mass is 16.5. The van der Waals surface area contributed by atoms with E-state index in [2.05, 4.69) is 0 Å². The third-order valence-electron chi connectivity index (χ3n) is 2.09. The van der Waals surface area contributed by atoms with Gasteiger partial charge in [0.1, 0.15) is 5.75 Å². The van der Waals surface area contributed by atoms with Gasteiger partial charge in [-0.05, 0) is 31.5 Å². The molecule has 1 unspecified atom stereocenters. The van der Waals surface area contributed by atoms with E-state index in [1.54, 1.807) is 13.0 Å². The molecule has 0 aliphatic carbocycles. The number of hydrogen-bond acceptors (Lipinski definition) is 3. The SMILES string of the molecule is Cc1ccc(C(=O)O)cc1OC(C)C(=O)O. The number of aromatic carboxylic acids is 1. The molecule has 2 N–H and O–H groups in total. The fourth-order valence-corrected chi connectivity index (χ4v) is 1.10. The molecule has 0 heterocycles. The molecule has 0 radical (unpaired) electrons. The van der Waals surface area contributed by atoms with Crippen molar-refractivity contribution in [3.05, 3.63) is 29.3 Å². The number of rotatable bonds is 4. The second kappa shape index (κ2) is 4.65. The first-order valence-corrected chi connectivity index (χ1v) is 4.65. The van der Waals surface area contributed by atoms with Crippen LogP contribution in [0.2, 0.25) is 0 Å². The molecule has 0 aliphatic heterocycles. The molecule has 1 atom stereocenters. The fourth-order valence-electron chi connectivity index (χ4n) is 1.10. The average Bonchev–Trinajstić information content (AvgIpc) is 2.20. The van der Waals surface area contributed by atoms with Gasteiger partial charge < -0.3 is 14.9 Å². The number of hydrogen-bond donors (Lipinski definition) is 2. The lowest BCUT2D eigenvalue weighted by Crippen LogP contribution is -2.23. The van der Waals surface area contributed by atoms with Crippen LogP contribution in [0.15, 0.2) is 18.2 Å². The van der Waals surface area contributed by atoms with Crippen molar-refractivity contribution in [3.63, 3.8) is 0 Å². The van der Waals surface area contributed by atoms with Crippen molar-refractivity contribution < 1.29 is 24.5 Å². The first-order valence-electron chi connectivity index (χ1n) is 4.65. The third kappa shape index (κ3) is 2.73. The smallest absolute Gasteiger partial charge is 0.344 e. The molecule has 1 rings (SSSR count). The van der Waals surface area contributed by atoms with Gasteiger partial charge in [0.15, 0.2) is 6.10 Å². The second-order valence-electron chi connectivity index (χ2n) is 3.38. The van der Waals surface area contributed by atoms with Gasteiger partial charge in [0.25, 0.3) is 0 Å². The van der Waals surface area contributed by atoms with Crippen molar-refractivity contribution in [1.29, 1.82) is 0 Å². The van der Waals surface area contributed by atoms with Crippen molar-refractivity contribution in [1.82, 2.24) is 0 Å². The zero-order valence-corrected chi connectivity index (χ0v) is 8.93. The lowest BCUT2D eigenvalue weighted by Gasteiger charge is -2.13. The van der Waals surface area contributed by atoms with Crippen LogP contribution in [0.3, 0.4) is 0 Å². The topological polar surface area (TPSA) is 83.8 Å². The Kier molecular flexibility index (Phi) is 3.50. The number of carboxylic acids is 2. The van der Waals surface area contributed by atoms with Crippen LogP contribution in [0, 0.1) is 6.92 Å². The van der Waals surface area contributed by atoms with Gasteiger partial charge in [-0.25, -0.2) is 9.59 Å². The van der Waals surface area contributed by atoms with Crippen LogP contribution in [0.1, 0.15) is 22.8 Å². The molecule has 0 saturated carbocycles. The molecule has 16 heavy (non-hydrogen) atoms. The molecule has 0 spiro atoms. The predicted molar refractivity (Wildman–Crippen MR) is 55.9 cm³/mol. The minimum absolute atomic E-state index is 0.0678. The van der Waals surface area contributed by atoms with Gasteiger partial charge in [0.2, 0.25) is 0 Å². The van der Waals surface area contributed by atoms with E-state index in [0.29, 0.717) is 5.56 Å². The van der Waals surface area contributed by atoms with Gasteiger partial charge in [-0.3, -0.25) is 0 Å². The summed E-state index contributed by atoms with van der Waals surface area (Å²) in [6, 6.07) is 4.33. The lowest BCUT2D eigenvalue weighted by atomic mass is 10.1. The quantitative estimate of drug-likeness (QED) is 0.810. The van der Waals surface area contributed by atoms with E-state index in [0.717, 1.165) is 0 Å². The van der Waals surface area contributed by atoms with Gasteiger partial charge in [0.05, 0.1) is 5.56 Å². The first kappa shape index (κ1) is 12.0. The van der Waals surface area contributed by atoms with Crippen molar-refractivity contribution >= 4 is 11.9 Å².